The first kappa shape index (κ1) is 15.8. The molecule has 4 nitrogen and oxygen atoms in total. The summed E-state index contributed by atoms with van der Waals surface area (Å²) in [6, 6.07) is 10.2. The van der Waals surface area contributed by atoms with Crippen LogP contribution < -0.4 is 5.32 Å². The molecule has 0 radical (unpaired) electrons. The van der Waals surface area contributed by atoms with Gasteiger partial charge < -0.3 is 9.84 Å². The van der Waals surface area contributed by atoms with Crippen LogP contribution in [0.3, 0.4) is 0 Å². The van der Waals surface area contributed by atoms with Crippen LogP contribution in [-0.2, 0) is 5.41 Å². The summed E-state index contributed by atoms with van der Waals surface area (Å²) in [4.78, 5) is 12.2. The minimum atomic E-state index is -0.141. The number of benzene rings is 1. The first-order chi connectivity index (χ1) is 10.9. The second-order valence-electron chi connectivity index (χ2n) is 7.36. The van der Waals surface area contributed by atoms with Crippen molar-refractivity contribution in [1.29, 1.82) is 0 Å². The van der Waals surface area contributed by atoms with Crippen LogP contribution in [0.2, 0.25) is 0 Å². The maximum Gasteiger partial charge on any atom is 0.273 e. The topological polar surface area (TPSA) is 55.1 Å². The summed E-state index contributed by atoms with van der Waals surface area (Å²) in [7, 11) is 0. The predicted octanol–water partition coefficient (Wildman–Crippen LogP) is 4.31. The number of hydrogen-bond donors (Lipinski definition) is 1. The third kappa shape index (κ3) is 3.63. The van der Waals surface area contributed by atoms with Crippen LogP contribution in [0.25, 0.3) is 11.3 Å². The smallest absolute Gasteiger partial charge is 0.273 e. The maximum absolute atomic E-state index is 12.2. The molecule has 0 unspecified atom stereocenters. The summed E-state index contributed by atoms with van der Waals surface area (Å²) in [6.07, 6.45) is 4.50. The molecule has 0 spiro atoms. The van der Waals surface area contributed by atoms with Gasteiger partial charge in [-0.15, -0.1) is 0 Å². The molecule has 122 valence electrons. The molecule has 0 saturated heterocycles. The fraction of sp³-hybridized carbons (Fsp3) is 0.474. The fourth-order valence-electron chi connectivity index (χ4n) is 2.98. The van der Waals surface area contributed by atoms with E-state index in [1.807, 2.05) is 12.1 Å². The lowest BCUT2D eigenvalue weighted by Gasteiger charge is -2.18. The number of nitrogens with zero attached hydrogens (tertiary/aromatic N) is 1. The monoisotopic (exact) mass is 312 g/mol. The second kappa shape index (κ2) is 6.19. The minimum absolute atomic E-state index is 0.117. The van der Waals surface area contributed by atoms with Crippen molar-refractivity contribution in [2.24, 2.45) is 0 Å². The van der Waals surface area contributed by atoms with E-state index in [2.05, 4.69) is 43.4 Å². The van der Waals surface area contributed by atoms with Crippen molar-refractivity contribution in [2.75, 3.05) is 0 Å². The average Bonchev–Trinajstić information content (AvgIpc) is 3.17. The molecule has 1 saturated carbocycles. The quantitative estimate of drug-likeness (QED) is 0.918. The average molecular weight is 312 g/mol. The van der Waals surface area contributed by atoms with Crippen molar-refractivity contribution < 1.29 is 9.32 Å². The lowest BCUT2D eigenvalue weighted by Crippen LogP contribution is -2.32. The molecule has 1 aliphatic rings. The molecule has 1 heterocycles. The second-order valence-corrected chi connectivity index (χ2v) is 7.36. The Labute approximate surface area is 137 Å². The molecule has 2 aromatic rings. The fourth-order valence-corrected chi connectivity index (χ4v) is 2.98. The maximum atomic E-state index is 12.2. The largest absolute Gasteiger partial charge is 0.355 e. The molecule has 0 aliphatic heterocycles. The summed E-state index contributed by atoms with van der Waals surface area (Å²) in [5, 5.41) is 6.95. The molecule has 4 heteroatoms. The lowest BCUT2D eigenvalue weighted by atomic mass is 9.86. The van der Waals surface area contributed by atoms with Gasteiger partial charge >= 0.3 is 0 Å². The summed E-state index contributed by atoms with van der Waals surface area (Å²) in [6.45, 7) is 6.55. The predicted molar refractivity (Wildman–Crippen MR) is 90.4 cm³/mol. The Morgan fingerprint density at radius 3 is 2.43 bits per heavy atom. The summed E-state index contributed by atoms with van der Waals surface area (Å²) < 4.78 is 5.35. The van der Waals surface area contributed by atoms with Crippen molar-refractivity contribution in [1.82, 2.24) is 10.5 Å². The zero-order valence-corrected chi connectivity index (χ0v) is 14.1. The van der Waals surface area contributed by atoms with Gasteiger partial charge in [-0.25, -0.2) is 0 Å². The Hall–Kier alpha value is -2.10. The number of carbonyl (C=O) groups excluding carboxylic acids is 1. The number of amides is 1. The molecule has 0 atom stereocenters. The molecule has 1 aromatic heterocycles. The van der Waals surface area contributed by atoms with Crippen LogP contribution in [-0.4, -0.2) is 17.1 Å². The molecule has 1 amide bonds. The molecular weight excluding hydrogens is 288 g/mol. The van der Waals surface area contributed by atoms with Crippen molar-refractivity contribution in [3.63, 3.8) is 0 Å². The molecule has 1 N–H and O–H groups in total. The summed E-state index contributed by atoms with van der Waals surface area (Å²) in [5.41, 5.74) is 2.67. The summed E-state index contributed by atoms with van der Waals surface area (Å²) in [5.74, 6) is 0.486. The van der Waals surface area contributed by atoms with Crippen LogP contribution in [0.4, 0.5) is 0 Å². The van der Waals surface area contributed by atoms with E-state index in [0.717, 1.165) is 18.4 Å². The molecule has 0 bridgehead atoms. The molecule has 1 aliphatic carbocycles. The zero-order chi connectivity index (χ0) is 16.4. The van der Waals surface area contributed by atoms with Crippen LogP contribution in [0.15, 0.2) is 34.9 Å². The van der Waals surface area contributed by atoms with Gasteiger partial charge in [-0.1, -0.05) is 63.0 Å². The van der Waals surface area contributed by atoms with Gasteiger partial charge in [-0.2, -0.15) is 0 Å². The van der Waals surface area contributed by atoms with Gasteiger partial charge in [0, 0.05) is 17.7 Å². The van der Waals surface area contributed by atoms with Crippen LogP contribution in [0, 0.1) is 0 Å². The first-order valence-electron chi connectivity index (χ1n) is 8.32. The van der Waals surface area contributed by atoms with Gasteiger partial charge in [0.05, 0.1) is 0 Å². The Kier molecular flexibility index (Phi) is 4.24. The van der Waals surface area contributed by atoms with Gasteiger partial charge in [0.1, 0.15) is 0 Å². The Balaban J connectivity index is 1.72. The number of hydrogen-bond acceptors (Lipinski definition) is 3. The lowest BCUT2D eigenvalue weighted by molar-refractivity contribution is 0.0929. The van der Waals surface area contributed by atoms with Crippen molar-refractivity contribution in [2.45, 2.75) is 57.9 Å². The standard InChI is InChI=1S/C19H24N2O2/c1-19(2,3)14-10-8-13(9-11-14)17-12-16(21-23-17)18(22)20-15-6-4-5-7-15/h8-12,15H,4-7H2,1-3H3,(H,20,22). The number of aromatic nitrogens is 1. The van der Waals surface area contributed by atoms with Gasteiger partial charge in [0.25, 0.3) is 5.91 Å². The van der Waals surface area contributed by atoms with Crippen molar-refractivity contribution in [3.05, 3.63) is 41.6 Å². The van der Waals surface area contributed by atoms with Gasteiger partial charge in [-0.3, -0.25) is 4.79 Å². The molecule has 1 aromatic carbocycles. The van der Waals surface area contributed by atoms with Crippen molar-refractivity contribution >= 4 is 5.91 Å². The van der Waals surface area contributed by atoms with Gasteiger partial charge in [0.2, 0.25) is 0 Å². The minimum Gasteiger partial charge on any atom is -0.355 e. The highest BCUT2D eigenvalue weighted by molar-refractivity contribution is 5.93. The van der Waals surface area contributed by atoms with E-state index >= 15 is 0 Å². The van der Waals surface area contributed by atoms with Crippen molar-refractivity contribution in [3.8, 4) is 11.3 Å². The Bertz CT molecular complexity index is 674. The van der Waals surface area contributed by atoms with E-state index < -0.39 is 0 Å². The highest BCUT2D eigenvalue weighted by Crippen LogP contribution is 2.26. The number of nitrogens with one attached hydrogen (secondary N) is 1. The van der Waals surface area contributed by atoms with Crippen LogP contribution in [0.1, 0.15) is 62.5 Å². The molecule has 1 fully saturated rings. The molecule has 23 heavy (non-hydrogen) atoms. The van der Waals surface area contributed by atoms with E-state index in [0.29, 0.717) is 11.5 Å². The highest BCUT2D eigenvalue weighted by atomic mass is 16.5. The third-order valence-electron chi connectivity index (χ3n) is 4.47. The number of rotatable bonds is 3. The normalized spacial score (nSPS) is 15.8. The van der Waals surface area contributed by atoms with Gasteiger partial charge in [0.15, 0.2) is 11.5 Å². The van der Waals surface area contributed by atoms with Gasteiger partial charge in [-0.05, 0) is 23.8 Å². The van der Waals surface area contributed by atoms with E-state index in [4.69, 9.17) is 4.52 Å². The molecule has 3 rings (SSSR count). The first-order valence-corrected chi connectivity index (χ1v) is 8.32. The van der Waals surface area contributed by atoms with E-state index in [1.54, 1.807) is 6.07 Å². The van der Waals surface area contributed by atoms with Crippen LogP contribution in [0.5, 0.6) is 0 Å². The van der Waals surface area contributed by atoms with Crippen LogP contribution >= 0.6 is 0 Å². The van der Waals surface area contributed by atoms with E-state index in [1.165, 1.54) is 18.4 Å². The Morgan fingerprint density at radius 2 is 1.83 bits per heavy atom. The highest BCUT2D eigenvalue weighted by Gasteiger charge is 2.21. The summed E-state index contributed by atoms with van der Waals surface area (Å²) >= 11 is 0. The van der Waals surface area contributed by atoms with E-state index in [9.17, 15) is 4.79 Å². The third-order valence-corrected chi connectivity index (χ3v) is 4.47. The number of carbonyl (C=O) groups is 1. The SMILES string of the molecule is CC(C)(C)c1ccc(-c2cc(C(=O)NC3CCCC3)no2)cc1. The molecular formula is C19H24N2O2. The zero-order valence-electron chi connectivity index (χ0n) is 14.1. The van der Waals surface area contributed by atoms with E-state index in [-0.39, 0.29) is 17.4 Å². The Morgan fingerprint density at radius 1 is 1.17 bits per heavy atom.